The van der Waals surface area contributed by atoms with E-state index in [2.05, 4.69) is 14.7 Å². The molecule has 0 aliphatic carbocycles. The molecule has 1 aromatic rings. The first-order valence-corrected chi connectivity index (χ1v) is 6.21. The van der Waals surface area contributed by atoms with Gasteiger partial charge in [-0.05, 0) is 6.07 Å². The van der Waals surface area contributed by atoms with E-state index in [9.17, 15) is 9.00 Å². The molecule has 0 N–H and O–H groups in total. The van der Waals surface area contributed by atoms with E-state index < -0.39 is 10.8 Å². The Balaban J connectivity index is 2.49. The minimum Gasteiger partial charge on any atom is -0.469 e. The highest BCUT2D eigenvalue weighted by Crippen LogP contribution is 2.07. The molecule has 0 aliphatic heterocycles. The van der Waals surface area contributed by atoms with Crippen LogP contribution >= 0.6 is 0 Å². The van der Waals surface area contributed by atoms with E-state index in [1.807, 2.05) is 0 Å². The van der Waals surface area contributed by atoms with Crippen molar-refractivity contribution in [3.05, 3.63) is 24.3 Å². The first kappa shape index (κ1) is 12.8. The summed E-state index contributed by atoms with van der Waals surface area (Å²) in [5.41, 5.74) is 0. The molecular weight excluding hydrogens is 228 g/mol. The molecule has 0 aliphatic rings. The smallest absolute Gasteiger partial charge is 0.306 e. The van der Waals surface area contributed by atoms with Crippen LogP contribution in [0.4, 0.5) is 0 Å². The van der Waals surface area contributed by atoms with Crippen LogP contribution in [0.25, 0.3) is 0 Å². The second-order valence-corrected chi connectivity index (χ2v) is 5.14. The van der Waals surface area contributed by atoms with E-state index in [1.165, 1.54) is 7.11 Å². The van der Waals surface area contributed by atoms with Gasteiger partial charge >= 0.3 is 5.97 Å². The molecule has 2 atom stereocenters. The summed E-state index contributed by atoms with van der Waals surface area (Å²) in [5.74, 6) is 0.436. The molecule has 16 heavy (non-hydrogen) atoms. The number of ether oxygens (including phenoxy) is 1. The molecule has 88 valence electrons. The van der Waals surface area contributed by atoms with Crippen molar-refractivity contribution >= 4 is 16.8 Å². The Bertz CT molecular complexity index is 370. The number of methoxy groups -OCH3 is 1. The molecule has 0 radical (unpaired) electrons. The molecule has 0 fully saturated rings. The van der Waals surface area contributed by atoms with Gasteiger partial charge in [-0.15, -0.1) is 0 Å². The summed E-state index contributed by atoms with van der Waals surface area (Å²) in [6.07, 6.45) is 3.35. The minimum atomic E-state index is -1.16. The molecule has 6 heteroatoms. The van der Waals surface area contributed by atoms with Crippen molar-refractivity contribution in [2.75, 3.05) is 7.11 Å². The predicted octanol–water partition coefficient (Wildman–Crippen LogP) is 0.677. The van der Waals surface area contributed by atoms with Gasteiger partial charge in [0.1, 0.15) is 5.82 Å². The average molecular weight is 242 g/mol. The number of hydrogen-bond acceptors (Lipinski definition) is 5. The van der Waals surface area contributed by atoms with Crippen LogP contribution in [0.3, 0.4) is 0 Å². The standard InChI is InChI=1S/C10H14N2O3S/c1-8(6-10(13)15-2)16(14)7-9-11-4-3-5-12-9/h3-5,8H,6-7H2,1-2H3. The van der Waals surface area contributed by atoms with Gasteiger partial charge in [0.2, 0.25) is 0 Å². The van der Waals surface area contributed by atoms with Crippen LogP contribution < -0.4 is 0 Å². The fourth-order valence-electron chi connectivity index (χ4n) is 1.08. The first-order chi connectivity index (χ1) is 7.63. The van der Waals surface area contributed by atoms with Crippen molar-refractivity contribution in [2.45, 2.75) is 24.3 Å². The molecule has 5 nitrogen and oxygen atoms in total. The second kappa shape index (κ2) is 6.32. The van der Waals surface area contributed by atoms with Crippen molar-refractivity contribution in [3.8, 4) is 0 Å². The van der Waals surface area contributed by atoms with E-state index in [-0.39, 0.29) is 23.4 Å². The molecular formula is C10H14N2O3S. The van der Waals surface area contributed by atoms with E-state index in [4.69, 9.17) is 0 Å². The fraction of sp³-hybridized carbons (Fsp3) is 0.500. The van der Waals surface area contributed by atoms with Gasteiger partial charge in [-0.1, -0.05) is 6.92 Å². The number of carbonyl (C=O) groups is 1. The number of nitrogens with zero attached hydrogens (tertiary/aromatic N) is 2. The Kier molecular flexibility index (Phi) is 5.04. The number of esters is 1. The maximum atomic E-state index is 11.8. The van der Waals surface area contributed by atoms with Gasteiger partial charge in [0.15, 0.2) is 0 Å². The van der Waals surface area contributed by atoms with Gasteiger partial charge in [0.25, 0.3) is 0 Å². The van der Waals surface area contributed by atoms with Gasteiger partial charge in [-0.2, -0.15) is 0 Å². The Morgan fingerprint density at radius 2 is 2.12 bits per heavy atom. The zero-order valence-electron chi connectivity index (χ0n) is 9.25. The lowest BCUT2D eigenvalue weighted by molar-refractivity contribution is -0.140. The van der Waals surface area contributed by atoms with Gasteiger partial charge in [0.05, 0.1) is 19.3 Å². The van der Waals surface area contributed by atoms with Crippen LogP contribution in [0.15, 0.2) is 18.5 Å². The van der Waals surface area contributed by atoms with Gasteiger partial charge < -0.3 is 4.74 Å². The van der Waals surface area contributed by atoms with Crippen LogP contribution in [-0.2, 0) is 26.1 Å². The van der Waals surface area contributed by atoms with Crippen LogP contribution in [0, 0.1) is 0 Å². The second-order valence-electron chi connectivity index (χ2n) is 3.28. The highest BCUT2D eigenvalue weighted by molar-refractivity contribution is 7.84. The van der Waals surface area contributed by atoms with E-state index >= 15 is 0 Å². The maximum absolute atomic E-state index is 11.8. The Morgan fingerprint density at radius 1 is 1.50 bits per heavy atom. The Labute approximate surface area is 96.7 Å². The lowest BCUT2D eigenvalue weighted by Crippen LogP contribution is -2.18. The molecule has 0 amide bonds. The predicted molar refractivity (Wildman–Crippen MR) is 60.0 cm³/mol. The van der Waals surface area contributed by atoms with Gasteiger partial charge in [-0.3, -0.25) is 9.00 Å². The van der Waals surface area contributed by atoms with Crippen molar-refractivity contribution in [1.82, 2.24) is 9.97 Å². The lowest BCUT2D eigenvalue weighted by Gasteiger charge is -2.08. The summed E-state index contributed by atoms with van der Waals surface area (Å²) in [4.78, 5) is 19.0. The van der Waals surface area contributed by atoms with Gasteiger partial charge in [0, 0.05) is 28.4 Å². The summed E-state index contributed by atoms with van der Waals surface area (Å²) < 4.78 is 16.3. The number of carbonyl (C=O) groups excluding carboxylic acids is 1. The zero-order chi connectivity index (χ0) is 12.0. The summed E-state index contributed by atoms with van der Waals surface area (Å²) >= 11 is 0. The normalized spacial score (nSPS) is 14.1. The molecule has 0 bridgehead atoms. The molecule has 1 heterocycles. The topological polar surface area (TPSA) is 69.2 Å². The highest BCUT2D eigenvalue weighted by Gasteiger charge is 2.16. The maximum Gasteiger partial charge on any atom is 0.306 e. The van der Waals surface area contributed by atoms with Crippen molar-refractivity contribution in [2.24, 2.45) is 0 Å². The largest absolute Gasteiger partial charge is 0.469 e. The van der Waals surface area contributed by atoms with Gasteiger partial charge in [-0.25, -0.2) is 9.97 Å². The monoisotopic (exact) mass is 242 g/mol. The summed E-state index contributed by atoms with van der Waals surface area (Å²) in [5, 5.41) is -0.253. The molecule has 0 spiro atoms. The fourth-order valence-corrected chi connectivity index (χ4v) is 2.10. The number of hydrogen-bond donors (Lipinski definition) is 0. The van der Waals surface area contributed by atoms with Crippen LogP contribution in [0.2, 0.25) is 0 Å². The molecule has 2 unspecified atom stereocenters. The summed E-state index contributed by atoms with van der Waals surface area (Å²) in [7, 11) is 0.154. The lowest BCUT2D eigenvalue weighted by atomic mass is 10.3. The Hall–Kier alpha value is -1.30. The van der Waals surface area contributed by atoms with Crippen molar-refractivity contribution in [3.63, 3.8) is 0 Å². The van der Waals surface area contributed by atoms with E-state index in [0.717, 1.165) is 0 Å². The van der Waals surface area contributed by atoms with E-state index in [1.54, 1.807) is 25.4 Å². The first-order valence-electron chi connectivity index (χ1n) is 4.83. The average Bonchev–Trinajstić information content (AvgIpc) is 2.30. The minimum absolute atomic E-state index is 0.149. The van der Waals surface area contributed by atoms with Crippen molar-refractivity contribution in [1.29, 1.82) is 0 Å². The van der Waals surface area contributed by atoms with Crippen LogP contribution in [0.1, 0.15) is 19.2 Å². The third kappa shape index (κ3) is 4.06. The summed E-state index contributed by atoms with van der Waals surface area (Å²) in [6.45, 7) is 1.75. The third-order valence-corrected chi connectivity index (χ3v) is 3.63. The number of aromatic nitrogens is 2. The highest BCUT2D eigenvalue weighted by atomic mass is 32.2. The van der Waals surface area contributed by atoms with Crippen molar-refractivity contribution < 1.29 is 13.7 Å². The molecule has 0 aromatic carbocycles. The van der Waals surface area contributed by atoms with Crippen LogP contribution in [0.5, 0.6) is 0 Å². The number of rotatable bonds is 5. The zero-order valence-corrected chi connectivity index (χ0v) is 10.1. The van der Waals surface area contributed by atoms with E-state index in [0.29, 0.717) is 5.82 Å². The molecule has 1 rings (SSSR count). The third-order valence-electron chi connectivity index (χ3n) is 2.02. The Morgan fingerprint density at radius 3 is 2.69 bits per heavy atom. The summed E-state index contributed by atoms with van der Waals surface area (Å²) in [6, 6.07) is 1.70. The molecule has 0 saturated carbocycles. The van der Waals surface area contributed by atoms with Crippen LogP contribution in [-0.4, -0.2) is 32.5 Å². The molecule has 0 saturated heterocycles. The SMILES string of the molecule is COC(=O)CC(C)S(=O)Cc1ncccn1. The quantitative estimate of drug-likeness (QED) is 0.710. The molecule has 1 aromatic heterocycles.